The van der Waals surface area contributed by atoms with Gasteiger partial charge in [0.05, 0.1) is 0 Å². The van der Waals surface area contributed by atoms with Crippen molar-refractivity contribution in [1.82, 2.24) is 20.3 Å². The molecule has 0 fully saturated rings. The molecule has 0 atom stereocenters. The number of carbonyl (C=O) groups excluding carboxylic acids is 1. The van der Waals surface area contributed by atoms with Crippen LogP contribution < -0.4 is 10.6 Å². The van der Waals surface area contributed by atoms with Crippen molar-refractivity contribution in [2.45, 2.75) is 38.5 Å². The zero-order chi connectivity index (χ0) is 19.9. The molecule has 6 heteroatoms. The molecule has 2 heterocycles. The number of aromatic amines is 1. The van der Waals surface area contributed by atoms with Crippen LogP contribution in [0.3, 0.4) is 0 Å². The molecule has 1 aromatic carbocycles. The van der Waals surface area contributed by atoms with Gasteiger partial charge in [-0.2, -0.15) is 0 Å². The van der Waals surface area contributed by atoms with Crippen molar-refractivity contribution in [2.75, 3.05) is 18.4 Å². The molecule has 29 heavy (non-hydrogen) atoms. The summed E-state index contributed by atoms with van der Waals surface area (Å²) in [5, 5.41) is 7.51. The molecule has 1 aliphatic rings. The first kappa shape index (κ1) is 19.2. The molecule has 1 aliphatic carbocycles. The van der Waals surface area contributed by atoms with Gasteiger partial charge in [-0.05, 0) is 50.2 Å². The lowest BCUT2D eigenvalue weighted by Crippen LogP contribution is -2.26. The maximum absolute atomic E-state index is 12.4. The van der Waals surface area contributed by atoms with Crippen LogP contribution in [-0.2, 0) is 6.42 Å². The summed E-state index contributed by atoms with van der Waals surface area (Å²) in [6, 6.07) is 9.99. The van der Waals surface area contributed by atoms with E-state index >= 15 is 0 Å². The fraction of sp³-hybridized carbons (Fsp3) is 0.348. The summed E-state index contributed by atoms with van der Waals surface area (Å²) in [6.07, 6.45) is 12.5. The Kier molecular flexibility index (Phi) is 6.19. The standard InChI is InChI=1S/C23H27N5O/c29-23(25-12-10-17-6-2-1-3-7-17)21-14-22(28-16-27-21)24-13-11-18-15-26-20-9-5-4-8-19(18)20/h4-6,8-9,14-16,26H,1-3,7,10-13H2,(H,25,29)(H,24,27,28). The Morgan fingerprint density at radius 2 is 2.03 bits per heavy atom. The summed E-state index contributed by atoms with van der Waals surface area (Å²) >= 11 is 0. The van der Waals surface area contributed by atoms with E-state index in [0.717, 1.165) is 31.3 Å². The summed E-state index contributed by atoms with van der Waals surface area (Å²) in [5.41, 5.74) is 4.26. The van der Waals surface area contributed by atoms with Crippen LogP contribution >= 0.6 is 0 Å². The number of benzene rings is 1. The van der Waals surface area contributed by atoms with Crippen LogP contribution in [0.1, 0.15) is 48.2 Å². The van der Waals surface area contributed by atoms with E-state index < -0.39 is 0 Å². The van der Waals surface area contributed by atoms with E-state index in [-0.39, 0.29) is 5.91 Å². The van der Waals surface area contributed by atoms with Crippen LogP contribution in [0.4, 0.5) is 5.82 Å². The van der Waals surface area contributed by atoms with E-state index in [1.54, 1.807) is 6.07 Å². The third-order valence-electron chi connectivity index (χ3n) is 5.39. The van der Waals surface area contributed by atoms with Crippen molar-refractivity contribution in [3.63, 3.8) is 0 Å². The largest absolute Gasteiger partial charge is 0.370 e. The monoisotopic (exact) mass is 389 g/mol. The topological polar surface area (TPSA) is 82.7 Å². The van der Waals surface area contributed by atoms with E-state index in [2.05, 4.69) is 43.8 Å². The number of amides is 1. The predicted octanol–water partition coefficient (Wildman–Crippen LogP) is 4.23. The number of nitrogens with one attached hydrogen (secondary N) is 3. The Hall–Kier alpha value is -3.15. The molecule has 0 saturated heterocycles. The molecule has 1 amide bonds. The van der Waals surface area contributed by atoms with Gasteiger partial charge >= 0.3 is 0 Å². The molecule has 0 bridgehead atoms. The number of hydrogen-bond donors (Lipinski definition) is 3. The van der Waals surface area contributed by atoms with E-state index in [9.17, 15) is 4.79 Å². The summed E-state index contributed by atoms with van der Waals surface area (Å²) in [6.45, 7) is 1.38. The van der Waals surface area contributed by atoms with Gasteiger partial charge in [-0.1, -0.05) is 29.8 Å². The molecule has 0 radical (unpaired) electrons. The Morgan fingerprint density at radius 1 is 1.10 bits per heavy atom. The van der Waals surface area contributed by atoms with Crippen LogP contribution in [0, 0.1) is 0 Å². The molecule has 0 saturated carbocycles. The van der Waals surface area contributed by atoms with Gasteiger partial charge in [0.15, 0.2) is 0 Å². The fourth-order valence-corrected chi connectivity index (χ4v) is 3.80. The smallest absolute Gasteiger partial charge is 0.270 e. The van der Waals surface area contributed by atoms with Gasteiger partial charge in [0.1, 0.15) is 17.8 Å². The summed E-state index contributed by atoms with van der Waals surface area (Å²) in [5.74, 6) is 0.517. The number of H-pyrrole nitrogens is 1. The molecule has 0 spiro atoms. The van der Waals surface area contributed by atoms with Gasteiger partial charge < -0.3 is 15.6 Å². The highest BCUT2D eigenvalue weighted by molar-refractivity contribution is 5.92. The normalized spacial score (nSPS) is 13.9. The first-order valence-electron chi connectivity index (χ1n) is 10.4. The average Bonchev–Trinajstić information content (AvgIpc) is 3.18. The van der Waals surface area contributed by atoms with Crippen molar-refractivity contribution < 1.29 is 4.79 Å². The molecule has 3 aromatic rings. The number of nitrogens with zero attached hydrogens (tertiary/aromatic N) is 2. The van der Waals surface area contributed by atoms with Crippen molar-refractivity contribution >= 4 is 22.6 Å². The van der Waals surface area contributed by atoms with Crippen molar-refractivity contribution in [3.8, 4) is 0 Å². The second kappa shape index (κ2) is 9.37. The van der Waals surface area contributed by atoms with Gasteiger partial charge in [-0.3, -0.25) is 4.79 Å². The first-order valence-corrected chi connectivity index (χ1v) is 10.4. The number of para-hydroxylation sites is 1. The van der Waals surface area contributed by atoms with Crippen molar-refractivity contribution in [3.05, 3.63) is 65.8 Å². The first-order chi connectivity index (χ1) is 14.3. The van der Waals surface area contributed by atoms with Gasteiger partial charge in [-0.25, -0.2) is 9.97 Å². The molecule has 4 rings (SSSR count). The maximum Gasteiger partial charge on any atom is 0.270 e. The third kappa shape index (κ3) is 5.02. The lowest BCUT2D eigenvalue weighted by atomic mass is 9.97. The van der Waals surface area contributed by atoms with Crippen LogP contribution in [0.25, 0.3) is 10.9 Å². The fourth-order valence-electron chi connectivity index (χ4n) is 3.80. The lowest BCUT2D eigenvalue weighted by Gasteiger charge is -2.13. The summed E-state index contributed by atoms with van der Waals surface area (Å²) in [4.78, 5) is 24.0. The number of rotatable bonds is 8. The molecule has 150 valence electrons. The van der Waals surface area contributed by atoms with E-state index in [0.29, 0.717) is 18.1 Å². The number of aromatic nitrogens is 3. The van der Waals surface area contributed by atoms with E-state index in [1.807, 2.05) is 18.3 Å². The SMILES string of the molecule is O=C(NCCC1=CCCCC1)c1cc(NCCc2c[nH]c3ccccc23)ncn1. The number of fused-ring (bicyclic) bond motifs is 1. The molecule has 2 aromatic heterocycles. The minimum absolute atomic E-state index is 0.150. The summed E-state index contributed by atoms with van der Waals surface area (Å²) in [7, 11) is 0. The summed E-state index contributed by atoms with van der Waals surface area (Å²) < 4.78 is 0. The zero-order valence-electron chi connectivity index (χ0n) is 16.6. The second-order valence-electron chi connectivity index (χ2n) is 7.44. The van der Waals surface area contributed by atoms with Crippen molar-refractivity contribution in [2.24, 2.45) is 0 Å². The van der Waals surface area contributed by atoms with Crippen LogP contribution in [-0.4, -0.2) is 33.9 Å². The van der Waals surface area contributed by atoms with Crippen LogP contribution in [0.2, 0.25) is 0 Å². The van der Waals surface area contributed by atoms with Crippen LogP contribution in [0.5, 0.6) is 0 Å². The number of hydrogen-bond acceptors (Lipinski definition) is 4. The highest BCUT2D eigenvalue weighted by atomic mass is 16.1. The van der Waals surface area contributed by atoms with Gasteiger partial charge in [0, 0.05) is 36.3 Å². The molecule has 3 N–H and O–H groups in total. The van der Waals surface area contributed by atoms with E-state index in [1.165, 1.54) is 42.1 Å². The number of anilines is 1. The van der Waals surface area contributed by atoms with E-state index in [4.69, 9.17) is 0 Å². The Balaban J connectivity index is 1.27. The average molecular weight is 390 g/mol. The lowest BCUT2D eigenvalue weighted by molar-refractivity contribution is 0.0949. The maximum atomic E-state index is 12.4. The quantitative estimate of drug-likeness (QED) is 0.504. The molecule has 0 unspecified atom stereocenters. The van der Waals surface area contributed by atoms with Gasteiger partial charge in [0.2, 0.25) is 0 Å². The Bertz CT molecular complexity index is 1010. The van der Waals surface area contributed by atoms with Gasteiger partial charge in [0.25, 0.3) is 5.91 Å². The minimum Gasteiger partial charge on any atom is -0.370 e. The molecule has 6 nitrogen and oxygen atoms in total. The second-order valence-corrected chi connectivity index (χ2v) is 7.44. The molecule has 0 aliphatic heterocycles. The highest BCUT2D eigenvalue weighted by Gasteiger charge is 2.10. The highest BCUT2D eigenvalue weighted by Crippen LogP contribution is 2.20. The number of carbonyl (C=O) groups is 1. The Morgan fingerprint density at radius 3 is 2.93 bits per heavy atom. The van der Waals surface area contributed by atoms with Gasteiger partial charge in [-0.15, -0.1) is 0 Å². The minimum atomic E-state index is -0.150. The zero-order valence-corrected chi connectivity index (χ0v) is 16.6. The predicted molar refractivity (Wildman–Crippen MR) is 116 cm³/mol. The third-order valence-corrected chi connectivity index (χ3v) is 5.39. The van der Waals surface area contributed by atoms with Crippen molar-refractivity contribution in [1.29, 1.82) is 0 Å². The molecular weight excluding hydrogens is 362 g/mol. The Labute approximate surface area is 170 Å². The van der Waals surface area contributed by atoms with Crippen LogP contribution in [0.15, 0.2) is 54.5 Å². The number of allylic oxidation sites excluding steroid dienone is 1. The molecular formula is C23H27N5O.